The van der Waals surface area contributed by atoms with Crippen molar-refractivity contribution in [2.24, 2.45) is 9.98 Å². The highest BCUT2D eigenvalue weighted by atomic mass is 16.5. The molecule has 0 aliphatic rings. The van der Waals surface area contributed by atoms with E-state index in [9.17, 15) is 9.59 Å². The van der Waals surface area contributed by atoms with Gasteiger partial charge in [-0.25, -0.2) is 9.98 Å². The number of benzene rings is 2. The molecule has 1 amide bonds. The van der Waals surface area contributed by atoms with Crippen molar-refractivity contribution in [2.75, 3.05) is 77.2 Å². The number of carbonyl (C=O) groups is 2. The molecular weight excluding hydrogens is 524 g/mol. The highest BCUT2D eigenvalue weighted by molar-refractivity contribution is 6.11. The Morgan fingerprint density at radius 3 is 2.27 bits per heavy atom. The van der Waals surface area contributed by atoms with Crippen LogP contribution in [0.25, 0.3) is 0 Å². The summed E-state index contributed by atoms with van der Waals surface area (Å²) in [5, 5.41) is 5.92. The van der Waals surface area contributed by atoms with Crippen molar-refractivity contribution >= 4 is 41.4 Å². The molecule has 0 radical (unpaired) electrons. The van der Waals surface area contributed by atoms with Crippen molar-refractivity contribution in [2.45, 2.75) is 6.92 Å². The van der Waals surface area contributed by atoms with Crippen LogP contribution in [0.4, 0.5) is 17.1 Å². The Kier molecular flexibility index (Phi) is 13.2. The zero-order chi connectivity index (χ0) is 30.4. The number of ketones is 1. The van der Waals surface area contributed by atoms with Crippen molar-refractivity contribution in [3.63, 3.8) is 0 Å². The summed E-state index contributed by atoms with van der Waals surface area (Å²) in [7, 11) is 9.04. The van der Waals surface area contributed by atoms with Crippen LogP contribution in [0.5, 0.6) is 11.5 Å². The molecule has 220 valence electrons. The predicted octanol–water partition coefficient (Wildman–Crippen LogP) is 4.10. The zero-order valence-electron chi connectivity index (χ0n) is 24.7. The van der Waals surface area contributed by atoms with Gasteiger partial charge in [0.05, 0.1) is 30.8 Å². The van der Waals surface area contributed by atoms with Crippen LogP contribution in [-0.2, 0) is 9.53 Å². The Morgan fingerprint density at radius 2 is 1.71 bits per heavy atom. The number of methoxy groups -OCH3 is 2. The first-order valence-corrected chi connectivity index (χ1v) is 12.9. The van der Waals surface area contributed by atoms with E-state index in [2.05, 4.69) is 38.8 Å². The third-order valence-corrected chi connectivity index (χ3v) is 5.86. The van der Waals surface area contributed by atoms with E-state index in [1.54, 1.807) is 56.5 Å². The van der Waals surface area contributed by atoms with E-state index < -0.39 is 0 Å². The molecule has 2 rings (SSSR count). The van der Waals surface area contributed by atoms with Crippen LogP contribution in [0, 0.1) is 0 Å². The molecule has 0 aliphatic carbocycles. The van der Waals surface area contributed by atoms with E-state index in [4.69, 9.17) is 14.2 Å². The molecule has 0 fully saturated rings. The van der Waals surface area contributed by atoms with Crippen molar-refractivity contribution in [1.29, 1.82) is 0 Å². The van der Waals surface area contributed by atoms with Gasteiger partial charge in [-0.1, -0.05) is 12.7 Å². The van der Waals surface area contributed by atoms with Crippen LogP contribution in [-0.4, -0.2) is 90.9 Å². The molecule has 0 heterocycles. The number of guanidine groups is 1. The third-order valence-electron chi connectivity index (χ3n) is 5.86. The number of carbonyl (C=O) groups excluding carboxylic acids is 2. The normalized spacial score (nSPS) is 11.6. The summed E-state index contributed by atoms with van der Waals surface area (Å²) in [5.74, 6) is 0.501. The lowest BCUT2D eigenvalue weighted by atomic mass is 10.1. The number of nitrogens with one attached hydrogen (secondary N) is 2. The molecular formula is C30H40N6O5. The molecule has 0 bridgehead atoms. The van der Waals surface area contributed by atoms with Gasteiger partial charge in [-0.2, -0.15) is 0 Å². The van der Waals surface area contributed by atoms with Crippen LogP contribution < -0.4 is 25.0 Å². The van der Waals surface area contributed by atoms with Gasteiger partial charge in [0.25, 0.3) is 0 Å². The van der Waals surface area contributed by atoms with Gasteiger partial charge >= 0.3 is 0 Å². The van der Waals surface area contributed by atoms with Crippen LogP contribution in [0.1, 0.15) is 17.3 Å². The summed E-state index contributed by atoms with van der Waals surface area (Å²) >= 11 is 0. The summed E-state index contributed by atoms with van der Waals surface area (Å²) in [6.45, 7) is 11.2. The smallest absolute Gasteiger partial charge is 0.247 e. The molecule has 2 aromatic carbocycles. The van der Waals surface area contributed by atoms with Crippen LogP contribution in [0.15, 0.2) is 70.8 Å². The van der Waals surface area contributed by atoms with Gasteiger partial charge in [-0.05, 0) is 64.1 Å². The lowest BCUT2D eigenvalue weighted by Crippen LogP contribution is -2.29. The number of nitrogens with zero attached hydrogens (tertiary/aromatic N) is 4. The molecule has 0 aromatic heterocycles. The van der Waals surface area contributed by atoms with Gasteiger partial charge in [0.2, 0.25) is 17.6 Å². The third kappa shape index (κ3) is 9.89. The number of allylic oxidation sites excluding steroid dienone is 2. The highest BCUT2D eigenvalue weighted by Gasteiger charge is 2.18. The van der Waals surface area contributed by atoms with Crippen molar-refractivity contribution in [3.05, 3.63) is 66.4 Å². The molecule has 11 heteroatoms. The fourth-order valence-electron chi connectivity index (χ4n) is 3.58. The molecule has 11 nitrogen and oxygen atoms in total. The largest absolute Gasteiger partial charge is 0.494 e. The fraction of sp³-hybridized carbons (Fsp3) is 0.333. The van der Waals surface area contributed by atoms with Crippen LogP contribution >= 0.6 is 0 Å². The average molecular weight is 565 g/mol. The van der Waals surface area contributed by atoms with Crippen LogP contribution in [0.2, 0.25) is 0 Å². The van der Waals surface area contributed by atoms with Crippen LogP contribution in [0.3, 0.4) is 0 Å². The predicted molar refractivity (Wildman–Crippen MR) is 166 cm³/mol. The van der Waals surface area contributed by atoms with Gasteiger partial charge < -0.3 is 34.6 Å². The number of ether oxygens (including phenoxy) is 3. The van der Waals surface area contributed by atoms with E-state index in [1.165, 1.54) is 13.2 Å². The Bertz CT molecular complexity index is 1270. The monoisotopic (exact) mass is 564 g/mol. The Labute approximate surface area is 242 Å². The highest BCUT2D eigenvalue weighted by Crippen LogP contribution is 2.37. The fourth-order valence-corrected chi connectivity index (χ4v) is 3.58. The molecule has 0 saturated heterocycles. The van der Waals surface area contributed by atoms with E-state index >= 15 is 0 Å². The SMILES string of the molecule is C=CC(=O)Nc1cc(NC(N=C)=N/C(=C\C)C(=O)c2ccc(OCCOC)cc2)c(OC)cc1N(C)CCN(C)C. The molecule has 41 heavy (non-hydrogen) atoms. The first-order valence-electron chi connectivity index (χ1n) is 12.9. The molecule has 2 N–H and O–H groups in total. The molecule has 2 aromatic rings. The number of Topliss-reactive ketones (excluding diaryl/α,β-unsaturated/α-hetero) is 1. The quantitative estimate of drug-likeness (QED) is 0.109. The van der Waals surface area contributed by atoms with E-state index in [0.29, 0.717) is 48.2 Å². The Hall–Kier alpha value is -4.48. The molecule has 0 spiro atoms. The average Bonchev–Trinajstić information content (AvgIpc) is 2.98. The maximum Gasteiger partial charge on any atom is 0.247 e. The molecule has 0 unspecified atom stereocenters. The second-order valence-electron chi connectivity index (χ2n) is 9.08. The number of hydrogen-bond donors (Lipinski definition) is 2. The minimum atomic E-state index is -0.365. The van der Waals surface area contributed by atoms with Gasteiger partial charge in [-0.3, -0.25) is 9.59 Å². The van der Waals surface area contributed by atoms with Gasteiger partial charge in [0.15, 0.2) is 0 Å². The lowest BCUT2D eigenvalue weighted by molar-refractivity contribution is -0.111. The second kappa shape index (κ2) is 16.6. The van der Waals surface area contributed by atoms with Gasteiger partial charge in [0.1, 0.15) is 23.8 Å². The molecule has 0 saturated carbocycles. The van der Waals surface area contributed by atoms with Crippen molar-refractivity contribution < 1.29 is 23.8 Å². The number of aliphatic imine (C=N–C) groups is 2. The zero-order valence-corrected chi connectivity index (χ0v) is 24.7. The van der Waals surface area contributed by atoms with Crippen molar-refractivity contribution in [3.8, 4) is 11.5 Å². The summed E-state index contributed by atoms with van der Waals surface area (Å²) < 4.78 is 16.2. The lowest BCUT2D eigenvalue weighted by Gasteiger charge is -2.26. The second-order valence-corrected chi connectivity index (χ2v) is 9.08. The van der Waals surface area contributed by atoms with Crippen molar-refractivity contribution in [1.82, 2.24) is 4.90 Å². The minimum absolute atomic E-state index is 0.0685. The number of likely N-dealkylation sites (N-methyl/N-ethyl adjacent to an activating group) is 2. The number of anilines is 3. The first-order chi connectivity index (χ1) is 19.7. The Balaban J connectivity index is 2.38. The van der Waals surface area contributed by atoms with E-state index in [1.807, 2.05) is 26.0 Å². The maximum atomic E-state index is 13.2. The van der Waals surface area contributed by atoms with E-state index in [0.717, 1.165) is 12.2 Å². The molecule has 0 atom stereocenters. The maximum absolute atomic E-state index is 13.2. The minimum Gasteiger partial charge on any atom is -0.494 e. The number of hydrogen-bond acceptors (Lipinski definition) is 8. The standard InChI is InChI=1S/C30H40N6O5/c1-9-23(29(38)21-11-13-22(14-12-21)41-18-17-39-7)33-30(31-3)34-25-19-24(32-28(37)10-2)26(20-27(25)40-8)36(6)16-15-35(4)5/h9-14,19-20H,2-3,15-18H2,1,4-8H3,(H,32,37)(H,33,34)/b23-9-. The molecule has 0 aliphatic heterocycles. The number of rotatable bonds is 15. The first kappa shape index (κ1) is 32.7. The number of amides is 1. The summed E-state index contributed by atoms with van der Waals surface area (Å²) in [4.78, 5) is 37.9. The summed E-state index contributed by atoms with van der Waals surface area (Å²) in [5.41, 5.74) is 2.32. The van der Waals surface area contributed by atoms with Gasteiger partial charge in [0, 0.05) is 38.9 Å². The summed E-state index contributed by atoms with van der Waals surface area (Å²) in [6.07, 6.45) is 2.79. The Morgan fingerprint density at radius 1 is 1.00 bits per heavy atom. The summed E-state index contributed by atoms with van der Waals surface area (Å²) in [6, 6.07) is 10.3. The van der Waals surface area contributed by atoms with E-state index in [-0.39, 0.29) is 23.3 Å². The van der Waals surface area contributed by atoms with Gasteiger partial charge in [-0.15, -0.1) is 0 Å². The topological polar surface area (TPSA) is 117 Å².